The average Bonchev–Trinajstić information content (AvgIpc) is 3.46. The van der Waals surface area contributed by atoms with Crippen LogP contribution in [0, 0.1) is 22.7 Å². The molecule has 2 N–H and O–H groups in total. The Morgan fingerprint density at radius 2 is 2.03 bits per heavy atom. The summed E-state index contributed by atoms with van der Waals surface area (Å²) in [5.41, 5.74) is -5.98. The SMILES string of the molecule is CC1(COC2C[C@H]3[C@@H]4CCC5=CC(=O)C=C[C@]5(C)[C@@]4(F)C(O)C[C@]3(C)[C@@]2(O)C(=O)CCl)CO1. The number of rotatable bonds is 5. The Bertz CT molecular complexity index is 961. The van der Waals surface area contributed by atoms with Crippen molar-refractivity contribution in [2.24, 2.45) is 22.7 Å². The van der Waals surface area contributed by atoms with E-state index in [4.69, 9.17) is 21.1 Å². The maximum absolute atomic E-state index is 17.2. The molecule has 3 saturated carbocycles. The fraction of sp³-hybridized carbons (Fsp3) is 0.760. The van der Waals surface area contributed by atoms with Crippen LogP contribution >= 0.6 is 11.6 Å². The van der Waals surface area contributed by atoms with Gasteiger partial charge in [0.1, 0.15) is 5.60 Å². The largest absolute Gasteiger partial charge is 0.390 e. The van der Waals surface area contributed by atoms with Crippen molar-refractivity contribution in [3.8, 4) is 0 Å². The highest BCUT2D eigenvalue weighted by Crippen LogP contribution is 2.70. The van der Waals surface area contributed by atoms with Gasteiger partial charge < -0.3 is 19.7 Å². The molecule has 0 amide bonds. The zero-order valence-electron chi connectivity index (χ0n) is 19.3. The lowest BCUT2D eigenvalue weighted by molar-refractivity contribution is -0.223. The van der Waals surface area contributed by atoms with Crippen LogP contribution in [-0.4, -0.2) is 70.0 Å². The first-order valence-electron chi connectivity index (χ1n) is 11.7. The normalized spacial score (nSPS) is 52.6. The zero-order chi connectivity index (χ0) is 24.0. The van der Waals surface area contributed by atoms with Crippen molar-refractivity contribution < 1.29 is 33.7 Å². The van der Waals surface area contributed by atoms with Crippen molar-refractivity contribution in [1.29, 1.82) is 0 Å². The number of aliphatic hydroxyl groups excluding tert-OH is 1. The maximum atomic E-state index is 17.2. The minimum Gasteiger partial charge on any atom is -0.390 e. The van der Waals surface area contributed by atoms with Crippen molar-refractivity contribution in [1.82, 2.24) is 0 Å². The Morgan fingerprint density at radius 1 is 1.33 bits per heavy atom. The van der Waals surface area contributed by atoms with E-state index in [-0.39, 0.29) is 25.2 Å². The third kappa shape index (κ3) is 2.92. The first kappa shape index (κ1) is 23.6. The number of carbonyl (C=O) groups excluding carboxylic acids is 2. The summed E-state index contributed by atoms with van der Waals surface area (Å²) >= 11 is 5.94. The third-order valence-electron chi connectivity index (χ3n) is 9.61. The van der Waals surface area contributed by atoms with E-state index in [0.717, 1.165) is 0 Å². The molecule has 0 aromatic heterocycles. The van der Waals surface area contributed by atoms with Gasteiger partial charge in [0.2, 0.25) is 0 Å². The van der Waals surface area contributed by atoms with Crippen molar-refractivity contribution in [3.63, 3.8) is 0 Å². The van der Waals surface area contributed by atoms with Gasteiger partial charge in [0.15, 0.2) is 22.8 Å². The van der Waals surface area contributed by atoms with Gasteiger partial charge >= 0.3 is 0 Å². The van der Waals surface area contributed by atoms with E-state index in [1.807, 2.05) is 6.92 Å². The molecule has 3 unspecified atom stereocenters. The Balaban J connectivity index is 1.56. The van der Waals surface area contributed by atoms with Gasteiger partial charge in [0.05, 0.1) is 31.3 Å². The van der Waals surface area contributed by atoms with Gasteiger partial charge in [0, 0.05) is 16.7 Å². The van der Waals surface area contributed by atoms with Crippen LogP contribution < -0.4 is 0 Å². The topological polar surface area (TPSA) is 96.4 Å². The molecule has 0 aromatic rings. The number of aliphatic hydroxyl groups is 2. The van der Waals surface area contributed by atoms with Crippen LogP contribution in [0.5, 0.6) is 0 Å². The molecule has 4 fully saturated rings. The summed E-state index contributed by atoms with van der Waals surface area (Å²) in [6.07, 6.45) is 3.24. The number of ketones is 2. The predicted molar refractivity (Wildman–Crippen MR) is 119 cm³/mol. The van der Waals surface area contributed by atoms with E-state index in [1.54, 1.807) is 19.9 Å². The second kappa shape index (κ2) is 7.20. The highest BCUT2D eigenvalue weighted by Gasteiger charge is 2.76. The summed E-state index contributed by atoms with van der Waals surface area (Å²) in [4.78, 5) is 25.1. The van der Waals surface area contributed by atoms with Gasteiger partial charge in [0.25, 0.3) is 0 Å². The first-order valence-corrected chi connectivity index (χ1v) is 12.3. The number of fused-ring (bicyclic) bond motifs is 5. The molecule has 5 aliphatic rings. The molecule has 9 atom stereocenters. The van der Waals surface area contributed by atoms with Crippen molar-refractivity contribution in [2.45, 2.75) is 75.5 Å². The highest BCUT2D eigenvalue weighted by molar-refractivity contribution is 6.29. The molecule has 1 heterocycles. The molecule has 4 aliphatic carbocycles. The lowest BCUT2D eigenvalue weighted by Gasteiger charge is -2.62. The van der Waals surface area contributed by atoms with E-state index >= 15 is 4.39 Å². The van der Waals surface area contributed by atoms with Crippen LogP contribution in [-0.2, 0) is 19.1 Å². The van der Waals surface area contributed by atoms with Crippen LogP contribution in [0.1, 0.15) is 46.5 Å². The molecule has 1 saturated heterocycles. The number of hydrogen-bond donors (Lipinski definition) is 2. The molecule has 8 heteroatoms. The minimum absolute atomic E-state index is 0.109. The van der Waals surface area contributed by atoms with Crippen LogP contribution in [0.25, 0.3) is 0 Å². The number of allylic oxidation sites excluding steroid dienone is 4. The van der Waals surface area contributed by atoms with Gasteiger partial charge in [-0.25, -0.2) is 4.39 Å². The number of alkyl halides is 2. The Kier molecular flexibility index (Phi) is 5.15. The number of carbonyl (C=O) groups is 2. The van der Waals surface area contributed by atoms with Crippen LogP contribution in [0.2, 0.25) is 0 Å². The monoisotopic (exact) mass is 482 g/mol. The molecule has 0 radical (unpaired) electrons. The van der Waals surface area contributed by atoms with E-state index in [0.29, 0.717) is 25.0 Å². The molecular weight excluding hydrogens is 451 g/mol. The summed E-state index contributed by atoms with van der Waals surface area (Å²) in [5.74, 6) is -2.17. The zero-order valence-corrected chi connectivity index (χ0v) is 20.0. The Hall–Kier alpha value is -1.12. The standard InChI is InChI=1S/C25H32ClFO6/c1-21(13-33-21)12-32-20-9-17-16-5-4-14-8-15(28)6-7-22(14,2)24(16,27)18(29)10-23(17,3)25(20,31)19(30)11-26/h6-8,16-18,20,29,31H,4-5,9-13H2,1-3H3/t16-,17-,18?,20?,21?,22-,23-,24-,25+/m0/s1. The second-order valence-corrected chi connectivity index (χ2v) is 11.6. The summed E-state index contributed by atoms with van der Waals surface area (Å²) in [7, 11) is 0. The minimum atomic E-state index is -2.04. The highest BCUT2D eigenvalue weighted by atomic mass is 35.5. The van der Waals surface area contributed by atoms with E-state index < -0.39 is 63.4 Å². The van der Waals surface area contributed by atoms with Crippen LogP contribution in [0.4, 0.5) is 4.39 Å². The fourth-order valence-electron chi connectivity index (χ4n) is 7.47. The van der Waals surface area contributed by atoms with Gasteiger partial charge in [-0.15, -0.1) is 11.6 Å². The van der Waals surface area contributed by atoms with Crippen molar-refractivity contribution >= 4 is 23.2 Å². The maximum Gasteiger partial charge on any atom is 0.182 e. The Labute approximate surface area is 198 Å². The molecular formula is C25H32ClFO6. The van der Waals surface area contributed by atoms with Crippen molar-refractivity contribution in [3.05, 3.63) is 23.8 Å². The lowest BCUT2D eigenvalue weighted by atomic mass is 9.44. The van der Waals surface area contributed by atoms with E-state index in [1.165, 1.54) is 12.2 Å². The number of epoxide rings is 1. The van der Waals surface area contributed by atoms with E-state index in [2.05, 4.69) is 0 Å². The average molecular weight is 483 g/mol. The van der Waals surface area contributed by atoms with E-state index in [9.17, 15) is 19.8 Å². The molecule has 6 nitrogen and oxygen atoms in total. The van der Waals surface area contributed by atoms with Gasteiger partial charge in [-0.05, 0) is 57.6 Å². The number of halogens is 2. The fourth-order valence-corrected chi connectivity index (χ4v) is 7.68. The van der Waals surface area contributed by atoms with Gasteiger partial charge in [-0.2, -0.15) is 0 Å². The molecule has 33 heavy (non-hydrogen) atoms. The molecule has 1 aliphatic heterocycles. The van der Waals surface area contributed by atoms with Gasteiger partial charge in [-0.3, -0.25) is 9.59 Å². The molecule has 0 bridgehead atoms. The lowest BCUT2D eigenvalue weighted by Crippen LogP contribution is -2.69. The molecule has 0 spiro atoms. The molecule has 0 aromatic carbocycles. The van der Waals surface area contributed by atoms with Crippen LogP contribution in [0.3, 0.4) is 0 Å². The van der Waals surface area contributed by atoms with Gasteiger partial charge in [-0.1, -0.05) is 18.6 Å². The quantitative estimate of drug-likeness (QED) is 0.462. The second-order valence-electron chi connectivity index (χ2n) is 11.4. The first-order chi connectivity index (χ1) is 15.4. The number of ether oxygens (including phenoxy) is 2. The number of Topliss-reactive ketones (excluding diaryl/α,β-unsaturated/α-hetero) is 1. The number of hydrogen-bond acceptors (Lipinski definition) is 6. The summed E-state index contributed by atoms with van der Waals surface area (Å²) in [5, 5.41) is 23.3. The summed E-state index contributed by atoms with van der Waals surface area (Å²) in [6, 6.07) is 0. The smallest absolute Gasteiger partial charge is 0.182 e. The summed E-state index contributed by atoms with van der Waals surface area (Å²) < 4.78 is 28.7. The molecule has 5 rings (SSSR count). The third-order valence-corrected chi connectivity index (χ3v) is 9.85. The van der Waals surface area contributed by atoms with Crippen LogP contribution in [0.15, 0.2) is 23.8 Å². The molecule has 182 valence electrons. The van der Waals surface area contributed by atoms with Crippen molar-refractivity contribution in [2.75, 3.05) is 19.1 Å². The summed E-state index contributed by atoms with van der Waals surface area (Å²) in [6.45, 7) is 6.14. The Morgan fingerprint density at radius 3 is 2.67 bits per heavy atom. The predicted octanol–water partition coefficient (Wildman–Crippen LogP) is 2.68.